The van der Waals surface area contributed by atoms with Crippen LogP contribution in [0.25, 0.3) is 0 Å². The van der Waals surface area contributed by atoms with Crippen molar-refractivity contribution < 1.29 is 19.1 Å². The predicted octanol–water partition coefficient (Wildman–Crippen LogP) is 4.02. The van der Waals surface area contributed by atoms with Crippen molar-refractivity contribution in [3.63, 3.8) is 0 Å². The standard InChI is InChI=1S/C24H26N2O4/c1-23(2)15-25(19(27)17-11-7-5-8-12-17)21(29-23)22-26(16-24(3,4)30-22)20(28)18-13-9-6-10-14-18/h5-14H,15-16H2,1-4H3/b22-21+. The summed E-state index contributed by atoms with van der Waals surface area (Å²) in [5.74, 6) is 0.181. The molecule has 2 heterocycles. The van der Waals surface area contributed by atoms with Gasteiger partial charge in [0.05, 0.1) is 13.1 Å². The Labute approximate surface area is 176 Å². The maximum Gasteiger partial charge on any atom is 0.260 e. The largest absolute Gasteiger partial charge is 0.467 e. The molecular formula is C24H26N2O4. The predicted molar refractivity (Wildman–Crippen MR) is 112 cm³/mol. The maximum absolute atomic E-state index is 13.3. The molecule has 6 nitrogen and oxygen atoms in total. The van der Waals surface area contributed by atoms with E-state index in [0.29, 0.717) is 24.2 Å². The van der Waals surface area contributed by atoms with E-state index in [1.54, 1.807) is 34.1 Å². The molecule has 6 heteroatoms. The zero-order chi connectivity index (χ0) is 21.5. The van der Waals surface area contributed by atoms with Crippen LogP contribution in [0.3, 0.4) is 0 Å². The van der Waals surface area contributed by atoms with Gasteiger partial charge in [-0.05, 0) is 52.0 Å². The van der Waals surface area contributed by atoms with Gasteiger partial charge in [0.25, 0.3) is 23.6 Å². The summed E-state index contributed by atoms with van der Waals surface area (Å²) in [6.45, 7) is 8.36. The Morgan fingerprint density at radius 3 is 1.33 bits per heavy atom. The van der Waals surface area contributed by atoms with Crippen molar-refractivity contribution in [2.24, 2.45) is 0 Å². The number of hydrogen-bond donors (Lipinski definition) is 0. The van der Waals surface area contributed by atoms with Crippen LogP contribution in [-0.2, 0) is 9.47 Å². The normalized spacial score (nSPS) is 21.9. The molecule has 2 aliphatic heterocycles. The van der Waals surface area contributed by atoms with Crippen molar-refractivity contribution in [2.45, 2.75) is 38.9 Å². The lowest BCUT2D eigenvalue weighted by Gasteiger charge is -2.21. The average Bonchev–Trinajstić information content (AvgIpc) is 3.23. The molecular weight excluding hydrogens is 380 g/mol. The lowest BCUT2D eigenvalue weighted by Crippen LogP contribution is -2.34. The van der Waals surface area contributed by atoms with E-state index in [9.17, 15) is 9.59 Å². The maximum atomic E-state index is 13.3. The zero-order valence-corrected chi connectivity index (χ0v) is 17.7. The fourth-order valence-corrected chi connectivity index (χ4v) is 3.72. The third-order valence-corrected chi connectivity index (χ3v) is 5.03. The number of rotatable bonds is 2. The number of benzene rings is 2. The van der Waals surface area contributed by atoms with Gasteiger partial charge in [-0.1, -0.05) is 36.4 Å². The third-order valence-electron chi connectivity index (χ3n) is 5.03. The summed E-state index contributed by atoms with van der Waals surface area (Å²) >= 11 is 0. The summed E-state index contributed by atoms with van der Waals surface area (Å²) in [7, 11) is 0. The molecule has 0 unspecified atom stereocenters. The van der Waals surface area contributed by atoms with Gasteiger partial charge in [-0.15, -0.1) is 0 Å². The van der Waals surface area contributed by atoms with E-state index in [4.69, 9.17) is 9.47 Å². The molecule has 0 bridgehead atoms. The first-order valence-electron chi connectivity index (χ1n) is 10.0. The van der Waals surface area contributed by atoms with Crippen molar-refractivity contribution in [1.82, 2.24) is 9.80 Å². The molecule has 2 aromatic carbocycles. The number of hydrogen-bond acceptors (Lipinski definition) is 4. The molecule has 2 fully saturated rings. The van der Waals surface area contributed by atoms with Gasteiger partial charge in [-0.3, -0.25) is 19.4 Å². The van der Waals surface area contributed by atoms with E-state index < -0.39 is 11.2 Å². The van der Waals surface area contributed by atoms with Crippen LogP contribution in [0.4, 0.5) is 0 Å². The SMILES string of the molecule is CC1(C)CN(C(=O)c2ccccc2)/C(=C2\OC(C)(C)CN2C(=O)c2ccccc2)O1. The van der Waals surface area contributed by atoms with Crippen LogP contribution >= 0.6 is 0 Å². The molecule has 2 aliphatic rings. The van der Waals surface area contributed by atoms with E-state index >= 15 is 0 Å². The van der Waals surface area contributed by atoms with E-state index in [-0.39, 0.29) is 23.6 Å². The molecule has 156 valence electrons. The Kier molecular flexibility index (Phi) is 4.80. The van der Waals surface area contributed by atoms with Crippen molar-refractivity contribution in [3.05, 3.63) is 83.6 Å². The number of amides is 2. The van der Waals surface area contributed by atoms with Crippen LogP contribution in [-0.4, -0.2) is 45.9 Å². The molecule has 0 aromatic heterocycles. The average molecular weight is 406 g/mol. The molecule has 0 N–H and O–H groups in total. The zero-order valence-electron chi connectivity index (χ0n) is 17.7. The monoisotopic (exact) mass is 406 g/mol. The van der Waals surface area contributed by atoms with Crippen LogP contribution < -0.4 is 0 Å². The van der Waals surface area contributed by atoms with E-state index in [2.05, 4.69) is 0 Å². The summed E-state index contributed by atoms with van der Waals surface area (Å²) in [5, 5.41) is 0. The summed E-state index contributed by atoms with van der Waals surface area (Å²) in [6, 6.07) is 18.1. The van der Waals surface area contributed by atoms with Crippen LogP contribution in [0.5, 0.6) is 0 Å². The first-order chi connectivity index (χ1) is 14.2. The molecule has 0 atom stereocenters. The van der Waals surface area contributed by atoms with Crippen LogP contribution in [0, 0.1) is 0 Å². The molecule has 30 heavy (non-hydrogen) atoms. The van der Waals surface area contributed by atoms with Gasteiger partial charge in [-0.2, -0.15) is 0 Å². The minimum Gasteiger partial charge on any atom is -0.467 e. The molecule has 2 amide bonds. The third kappa shape index (κ3) is 3.77. The summed E-state index contributed by atoms with van der Waals surface area (Å²) in [4.78, 5) is 29.7. The molecule has 0 spiro atoms. The van der Waals surface area contributed by atoms with Crippen molar-refractivity contribution >= 4 is 11.8 Å². The molecule has 4 rings (SSSR count). The Morgan fingerprint density at radius 2 is 1.00 bits per heavy atom. The van der Waals surface area contributed by atoms with E-state index in [0.717, 1.165) is 0 Å². The fraction of sp³-hybridized carbons (Fsp3) is 0.333. The quantitative estimate of drug-likeness (QED) is 0.756. The van der Waals surface area contributed by atoms with Gasteiger partial charge >= 0.3 is 0 Å². The van der Waals surface area contributed by atoms with Crippen LogP contribution in [0.2, 0.25) is 0 Å². The molecule has 2 aromatic rings. The molecule has 0 saturated carbocycles. The van der Waals surface area contributed by atoms with Gasteiger partial charge in [0, 0.05) is 11.1 Å². The Bertz CT molecular complexity index is 915. The summed E-state index contributed by atoms with van der Waals surface area (Å²) in [6.07, 6.45) is 0. The second-order valence-electron chi connectivity index (χ2n) is 8.85. The lowest BCUT2D eigenvalue weighted by atomic mass is 10.1. The van der Waals surface area contributed by atoms with Gasteiger partial charge in [0.2, 0.25) is 0 Å². The number of ether oxygens (including phenoxy) is 2. The second-order valence-corrected chi connectivity index (χ2v) is 8.85. The van der Waals surface area contributed by atoms with E-state index in [1.165, 1.54) is 0 Å². The summed E-state index contributed by atoms with van der Waals surface area (Å²) < 4.78 is 12.3. The van der Waals surface area contributed by atoms with Crippen molar-refractivity contribution in [1.29, 1.82) is 0 Å². The van der Waals surface area contributed by atoms with Crippen molar-refractivity contribution in [3.8, 4) is 0 Å². The Morgan fingerprint density at radius 1 is 0.667 bits per heavy atom. The van der Waals surface area contributed by atoms with Gasteiger partial charge in [0.15, 0.2) is 0 Å². The highest BCUT2D eigenvalue weighted by Crippen LogP contribution is 2.38. The highest BCUT2D eigenvalue weighted by Gasteiger charge is 2.48. The minimum absolute atomic E-state index is 0.191. The summed E-state index contributed by atoms with van der Waals surface area (Å²) in [5.41, 5.74) is -0.112. The topological polar surface area (TPSA) is 59.1 Å². The molecule has 0 radical (unpaired) electrons. The fourth-order valence-electron chi connectivity index (χ4n) is 3.72. The number of carbonyl (C=O) groups excluding carboxylic acids is 2. The highest BCUT2D eigenvalue weighted by molar-refractivity contribution is 5.97. The van der Waals surface area contributed by atoms with Crippen molar-refractivity contribution in [2.75, 3.05) is 13.1 Å². The molecule has 2 saturated heterocycles. The van der Waals surface area contributed by atoms with Crippen LogP contribution in [0.15, 0.2) is 72.4 Å². The van der Waals surface area contributed by atoms with Gasteiger partial charge < -0.3 is 9.47 Å². The molecule has 0 aliphatic carbocycles. The van der Waals surface area contributed by atoms with Gasteiger partial charge in [0.1, 0.15) is 11.2 Å². The lowest BCUT2D eigenvalue weighted by molar-refractivity contribution is 0.0361. The second kappa shape index (κ2) is 7.20. The van der Waals surface area contributed by atoms with E-state index in [1.807, 2.05) is 64.1 Å². The number of carbonyl (C=O) groups is 2. The smallest absolute Gasteiger partial charge is 0.260 e. The Balaban J connectivity index is 1.78. The minimum atomic E-state index is -0.607. The first kappa shape index (κ1) is 20.0. The highest BCUT2D eigenvalue weighted by atomic mass is 16.6. The number of nitrogens with zero attached hydrogens (tertiary/aromatic N) is 2. The Hall–Kier alpha value is -3.28. The van der Waals surface area contributed by atoms with Crippen LogP contribution in [0.1, 0.15) is 48.4 Å². The van der Waals surface area contributed by atoms with Gasteiger partial charge in [-0.25, -0.2) is 0 Å². The first-order valence-corrected chi connectivity index (χ1v) is 10.0.